The SMILES string of the molecule is COc1ccc([C@@H]2NC(=O)c3cccc4c3N2CCC4)cc1. The van der Waals surface area contributed by atoms with Gasteiger partial charge in [-0.1, -0.05) is 24.3 Å². The Morgan fingerprint density at radius 3 is 2.77 bits per heavy atom. The van der Waals surface area contributed by atoms with Crippen molar-refractivity contribution < 1.29 is 9.53 Å². The zero-order valence-electron chi connectivity index (χ0n) is 12.5. The monoisotopic (exact) mass is 294 g/mol. The maximum absolute atomic E-state index is 12.5. The third-order valence-corrected chi connectivity index (χ3v) is 4.51. The van der Waals surface area contributed by atoms with Crippen LogP contribution < -0.4 is 15.0 Å². The summed E-state index contributed by atoms with van der Waals surface area (Å²) >= 11 is 0. The van der Waals surface area contributed by atoms with E-state index in [0.717, 1.165) is 42.0 Å². The van der Waals surface area contributed by atoms with Gasteiger partial charge in [0.15, 0.2) is 0 Å². The molecule has 2 aliphatic rings. The molecule has 0 spiro atoms. The minimum Gasteiger partial charge on any atom is -0.497 e. The van der Waals surface area contributed by atoms with Gasteiger partial charge in [0.25, 0.3) is 5.91 Å². The molecule has 4 nitrogen and oxygen atoms in total. The number of hydrogen-bond acceptors (Lipinski definition) is 3. The minimum atomic E-state index is -0.104. The number of methoxy groups -OCH3 is 1. The van der Waals surface area contributed by atoms with Crippen LogP contribution in [0.4, 0.5) is 5.69 Å². The van der Waals surface area contributed by atoms with Crippen molar-refractivity contribution in [1.29, 1.82) is 0 Å². The van der Waals surface area contributed by atoms with Crippen LogP contribution in [0.3, 0.4) is 0 Å². The first-order chi connectivity index (χ1) is 10.8. The molecule has 0 saturated carbocycles. The van der Waals surface area contributed by atoms with Gasteiger partial charge in [-0.15, -0.1) is 0 Å². The number of carbonyl (C=O) groups is 1. The van der Waals surface area contributed by atoms with Crippen LogP contribution in [0, 0.1) is 0 Å². The van der Waals surface area contributed by atoms with Crippen molar-refractivity contribution in [2.75, 3.05) is 18.6 Å². The van der Waals surface area contributed by atoms with Crippen molar-refractivity contribution in [2.45, 2.75) is 19.0 Å². The van der Waals surface area contributed by atoms with Gasteiger partial charge in [0.2, 0.25) is 0 Å². The fourth-order valence-electron chi connectivity index (χ4n) is 3.45. The van der Waals surface area contributed by atoms with Gasteiger partial charge in [-0.2, -0.15) is 0 Å². The van der Waals surface area contributed by atoms with E-state index in [1.807, 2.05) is 36.4 Å². The summed E-state index contributed by atoms with van der Waals surface area (Å²) in [6.07, 6.45) is 2.05. The summed E-state index contributed by atoms with van der Waals surface area (Å²) in [4.78, 5) is 14.8. The van der Waals surface area contributed by atoms with Gasteiger partial charge in [0.1, 0.15) is 11.9 Å². The second-order valence-electron chi connectivity index (χ2n) is 5.76. The van der Waals surface area contributed by atoms with Crippen molar-refractivity contribution in [3.8, 4) is 5.75 Å². The largest absolute Gasteiger partial charge is 0.497 e. The Morgan fingerprint density at radius 2 is 2.00 bits per heavy atom. The smallest absolute Gasteiger partial charge is 0.255 e. The van der Waals surface area contributed by atoms with Gasteiger partial charge >= 0.3 is 0 Å². The first kappa shape index (κ1) is 13.2. The number of nitrogens with one attached hydrogen (secondary N) is 1. The topological polar surface area (TPSA) is 41.6 Å². The number of hydrogen-bond donors (Lipinski definition) is 1. The van der Waals surface area contributed by atoms with E-state index in [4.69, 9.17) is 4.74 Å². The molecule has 0 bridgehead atoms. The molecule has 0 radical (unpaired) electrons. The first-order valence-corrected chi connectivity index (χ1v) is 7.61. The minimum absolute atomic E-state index is 0.0100. The Morgan fingerprint density at radius 1 is 1.18 bits per heavy atom. The molecule has 1 N–H and O–H groups in total. The van der Waals surface area contributed by atoms with Crippen LogP contribution >= 0.6 is 0 Å². The van der Waals surface area contributed by atoms with Gasteiger partial charge < -0.3 is 15.0 Å². The van der Waals surface area contributed by atoms with E-state index in [-0.39, 0.29) is 12.1 Å². The molecular weight excluding hydrogens is 276 g/mol. The number of aryl methyl sites for hydroxylation is 1. The zero-order chi connectivity index (χ0) is 15.1. The van der Waals surface area contributed by atoms with Crippen LogP contribution in [0.5, 0.6) is 5.75 Å². The highest BCUT2D eigenvalue weighted by atomic mass is 16.5. The Labute approximate surface area is 129 Å². The molecule has 2 aromatic rings. The van der Waals surface area contributed by atoms with Crippen LogP contribution in [0.25, 0.3) is 0 Å². The van der Waals surface area contributed by atoms with Gasteiger partial charge in [0, 0.05) is 6.54 Å². The van der Waals surface area contributed by atoms with Gasteiger partial charge in [0.05, 0.1) is 18.4 Å². The van der Waals surface area contributed by atoms with E-state index < -0.39 is 0 Å². The third kappa shape index (κ3) is 1.95. The summed E-state index contributed by atoms with van der Waals surface area (Å²) in [6.45, 7) is 0.959. The molecule has 1 amide bonds. The van der Waals surface area contributed by atoms with Crippen LogP contribution in [0.15, 0.2) is 42.5 Å². The van der Waals surface area contributed by atoms with E-state index in [1.165, 1.54) is 5.56 Å². The summed E-state index contributed by atoms with van der Waals surface area (Å²) < 4.78 is 5.22. The lowest BCUT2D eigenvalue weighted by molar-refractivity contribution is 0.0925. The Bertz CT molecular complexity index is 724. The number of benzene rings is 2. The molecule has 0 aromatic heterocycles. The number of para-hydroxylation sites is 1. The lowest BCUT2D eigenvalue weighted by atomic mass is 9.93. The van der Waals surface area contributed by atoms with Crippen LogP contribution in [-0.4, -0.2) is 19.6 Å². The number of carbonyl (C=O) groups excluding carboxylic acids is 1. The summed E-state index contributed by atoms with van der Waals surface area (Å²) in [5.74, 6) is 0.835. The highest BCUT2D eigenvalue weighted by molar-refractivity contribution is 6.03. The molecule has 4 heteroatoms. The van der Waals surface area contributed by atoms with Crippen molar-refractivity contribution in [2.24, 2.45) is 0 Å². The molecular formula is C18H18N2O2. The van der Waals surface area contributed by atoms with E-state index in [9.17, 15) is 4.79 Å². The molecule has 112 valence electrons. The van der Waals surface area contributed by atoms with Gasteiger partial charge in [-0.3, -0.25) is 4.79 Å². The number of ether oxygens (including phenoxy) is 1. The van der Waals surface area contributed by atoms with Crippen molar-refractivity contribution >= 4 is 11.6 Å². The predicted octanol–water partition coefficient (Wildman–Crippen LogP) is 2.89. The van der Waals surface area contributed by atoms with Gasteiger partial charge in [-0.05, 0) is 42.2 Å². The van der Waals surface area contributed by atoms with Crippen LogP contribution in [-0.2, 0) is 6.42 Å². The molecule has 2 heterocycles. The molecule has 0 unspecified atom stereocenters. The average molecular weight is 294 g/mol. The Hall–Kier alpha value is -2.49. The summed E-state index contributed by atoms with van der Waals surface area (Å²) in [7, 11) is 1.66. The van der Waals surface area contributed by atoms with Crippen LogP contribution in [0.2, 0.25) is 0 Å². The van der Waals surface area contributed by atoms with Crippen molar-refractivity contribution in [3.05, 3.63) is 59.2 Å². The molecule has 0 saturated heterocycles. The summed E-state index contributed by atoms with van der Waals surface area (Å²) in [6, 6.07) is 13.9. The fourth-order valence-corrected chi connectivity index (χ4v) is 3.45. The lowest BCUT2D eigenvalue weighted by Crippen LogP contribution is -2.48. The fraction of sp³-hybridized carbons (Fsp3) is 0.278. The maximum Gasteiger partial charge on any atom is 0.255 e. The molecule has 4 rings (SSSR count). The predicted molar refractivity (Wildman–Crippen MR) is 85.3 cm³/mol. The first-order valence-electron chi connectivity index (χ1n) is 7.61. The summed E-state index contributed by atoms with van der Waals surface area (Å²) in [5.41, 5.74) is 4.26. The van der Waals surface area contributed by atoms with Crippen molar-refractivity contribution in [3.63, 3.8) is 0 Å². The highest BCUT2D eigenvalue weighted by Gasteiger charge is 2.34. The van der Waals surface area contributed by atoms with Crippen molar-refractivity contribution in [1.82, 2.24) is 5.32 Å². The normalized spacial score (nSPS) is 19.4. The van der Waals surface area contributed by atoms with E-state index in [1.54, 1.807) is 7.11 Å². The maximum atomic E-state index is 12.5. The molecule has 0 aliphatic carbocycles. The quantitative estimate of drug-likeness (QED) is 0.926. The average Bonchev–Trinajstić information content (AvgIpc) is 2.58. The molecule has 2 aliphatic heterocycles. The number of anilines is 1. The summed E-state index contributed by atoms with van der Waals surface area (Å²) in [5, 5.41) is 3.13. The second kappa shape index (κ2) is 5.05. The number of nitrogens with zero attached hydrogens (tertiary/aromatic N) is 1. The van der Waals surface area contributed by atoms with E-state index >= 15 is 0 Å². The second-order valence-corrected chi connectivity index (χ2v) is 5.76. The lowest BCUT2D eigenvalue weighted by Gasteiger charge is -2.42. The third-order valence-electron chi connectivity index (χ3n) is 4.51. The zero-order valence-corrected chi connectivity index (χ0v) is 12.5. The molecule has 2 aromatic carbocycles. The molecule has 1 atom stereocenters. The standard InChI is InChI=1S/C18H18N2O2/c1-22-14-9-7-13(8-10-14)17-19-18(21)15-6-2-4-12-5-3-11-20(17)16(12)15/h2,4,6-10,17H,3,5,11H2,1H3,(H,19,21)/t17-/m1/s1. The number of amides is 1. The Balaban J connectivity index is 1.79. The van der Waals surface area contributed by atoms with Gasteiger partial charge in [-0.25, -0.2) is 0 Å². The van der Waals surface area contributed by atoms with E-state index in [0.29, 0.717) is 0 Å². The van der Waals surface area contributed by atoms with Crippen LogP contribution in [0.1, 0.15) is 34.1 Å². The number of rotatable bonds is 2. The molecule has 0 fully saturated rings. The molecule has 22 heavy (non-hydrogen) atoms. The van der Waals surface area contributed by atoms with E-state index in [2.05, 4.69) is 16.3 Å². The highest BCUT2D eigenvalue weighted by Crippen LogP contribution is 2.39. The Kier molecular flexibility index (Phi) is 3.03.